The lowest BCUT2D eigenvalue weighted by atomic mass is 9.98. The van der Waals surface area contributed by atoms with Gasteiger partial charge in [0.2, 0.25) is 5.89 Å². The second-order valence-corrected chi connectivity index (χ2v) is 9.01. The molecule has 7 nitrogen and oxygen atoms in total. The van der Waals surface area contributed by atoms with Crippen molar-refractivity contribution in [2.75, 3.05) is 19.5 Å². The highest BCUT2D eigenvalue weighted by atomic mass is 35.5. The largest absolute Gasteiger partial charge is 0.496 e. The Labute approximate surface area is 219 Å². The average molecular weight is 524 g/mol. The van der Waals surface area contributed by atoms with E-state index >= 15 is 0 Å². The van der Waals surface area contributed by atoms with Crippen LogP contribution in [0.25, 0.3) is 22.6 Å². The number of thiocarbonyl (C=S) groups is 1. The first-order valence-corrected chi connectivity index (χ1v) is 12.2. The van der Waals surface area contributed by atoms with Gasteiger partial charge in [-0.2, -0.15) is 0 Å². The van der Waals surface area contributed by atoms with Crippen molar-refractivity contribution in [3.05, 3.63) is 70.7 Å². The van der Waals surface area contributed by atoms with Gasteiger partial charge in [-0.3, -0.25) is 10.1 Å². The number of methoxy groups -OCH3 is 2. The molecule has 9 heteroatoms. The highest BCUT2D eigenvalue weighted by Gasteiger charge is 2.20. The Bertz CT molecular complexity index is 1410. The van der Waals surface area contributed by atoms with Crippen LogP contribution in [0, 0.1) is 0 Å². The second kappa shape index (κ2) is 11.0. The number of carbonyl (C=O) groups is 1. The number of anilines is 1. The molecule has 4 rings (SSSR count). The van der Waals surface area contributed by atoms with Crippen molar-refractivity contribution in [3.8, 4) is 23.0 Å². The predicted molar refractivity (Wildman–Crippen MR) is 146 cm³/mol. The van der Waals surface area contributed by atoms with E-state index in [9.17, 15) is 4.79 Å². The molecule has 0 radical (unpaired) electrons. The van der Waals surface area contributed by atoms with E-state index in [4.69, 9.17) is 37.7 Å². The van der Waals surface area contributed by atoms with E-state index in [1.54, 1.807) is 30.3 Å². The zero-order valence-electron chi connectivity index (χ0n) is 20.3. The van der Waals surface area contributed by atoms with Crippen molar-refractivity contribution in [2.24, 2.45) is 0 Å². The maximum absolute atomic E-state index is 12.9. The van der Waals surface area contributed by atoms with Crippen LogP contribution in [0.1, 0.15) is 42.1 Å². The van der Waals surface area contributed by atoms with Crippen LogP contribution in [0.3, 0.4) is 0 Å². The van der Waals surface area contributed by atoms with Crippen LogP contribution in [-0.2, 0) is 0 Å². The Hall–Kier alpha value is -3.62. The lowest BCUT2D eigenvalue weighted by Crippen LogP contribution is -2.34. The Morgan fingerprint density at radius 1 is 1.11 bits per heavy atom. The molecule has 0 aliphatic carbocycles. The third-order valence-corrected chi connectivity index (χ3v) is 6.47. The summed E-state index contributed by atoms with van der Waals surface area (Å²) >= 11 is 11.8. The first kappa shape index (κ1) is 25.5. The molecule has 0 aliphatic rings. The van der Waals surface area contributed by atoms with Gasteiger partial charge in [0.1, 0.15) is 22.6 Å². The van der Waals surface area contributed by atoms with Gasteiger partial charge < -0.3 is 19.2 Å². The molecule has 1 heterocycles. The van der Waals surface area contributed by atoms with Gasteiger partial charge in [0.05, 0.1) is 24.9 Å². The molecule has 0 unspecified atom stereocenters. The summed E-state index contributed by atoms with van der Waals surface area (Å²) in [5.74, 6) is 1.14. The standard InChI is InChI=1S/C27H26ClN3O4S/c1-5-15(2)16-10-12-21-20(13-16)29-26(35-21)17-9-11-18(28)19(14-17)30-27(36)31-25(32)24-22(33-3)7-6-8-23(24)34-4/h6-15H,5H2,1-4H3,(H2,30,31,32,36)/t15-/m1/s1. The summed E-state index contributed by atoms with van der Waals surface area (Å²) in [4.78, 5) is 17.6. The number of oxazole rings is 1. The summed E-state index contributed by atoms with van der Waals surface area (Å²) in [7, 11) is 2.95. The normalized spacial score (nSPS) is 11.7. The second-order valence-electron chi connectivity index (χ2n) is 8.20. The van der Waals surface area contributed by atoms with Gasteiger partial charge in [0.25, 0.3) is 5.91 Å². The lowest BCUT2D eigenvalue weighted by Gasteiger charge is -2.15. The topological polar surface area (TPSA) is 85.6 Å². The fraction of sp³-hybridized carbons (Fsp3) is 0.222. The molecule has 0 saturated heterocycles. The highest BCUT2D eigenvalue weighted by Crippen LogP contribution is 2.32. The van der Waals surface area contributed by atoms with Crippen molar-refractivity contribution < 1.29 is 18.7 Å². The van der Waals surface area contributed by atoms with E-state index in [2.05, 4.69) is 41.6 Å². The van der Waals surface area contributed by atoms with Crippen molar-refractivity contribution >= 4 is 51.6 Å². The molecular formula is C27H26ClN3O4S. The van der Waals surface area contributed by atoms with Gasteiger partial charge in [-0.15, -0.1) is 0 Å². The van der Waals surface area contributed by atoms with E-state index in [-0.39, 0.29) is 10.7 Å². The number of fused-ring (bicyclic) bond motifs is 1. The lowest BCUT2D eigenvalue weighted by molar-refractivity contribution is 0.0971. The van der Waals surface area contributed by atoms with Crippen LogP contribution in [0.15, 0.2) is 59.0 Å². The van der Waals surface area contributed by atoms with Gasteiger partial charge in [0.15, 0.2) is 10.7 Å². The van der Waals surface area contributed by atoms with Crippen molar-refractivity contribution in [1.82, 2.24) is 10.3 Å². The summed E-state index contributed by atoms with van der Waals surface area (Å²) in [5.41, 5.74) is 4.15. The zero-order chi connectivity index (χ0) is 25.8. The number of aromatic nitrogens is 1. The minimum Gasteiger partial charge on any atom is -0.496 e. The number of nitrogens with one attached hydrogen (secondary N) is 2. The molecule has 0 saturated carbocycles. The van der Waals surface area contributed by atoms with E-state index in [1.807, 2.05) is 12.1 Å². The Balaban J connectivity index is 1.55. The molecule has 0 aliphatic heterocycles. The van der Waals surface area contributed by atoms with E-state index in [1.165, 1.54) is 19.8 Å². The zero-order valence-corrected chi connectivity index (χ0v) is 21.9. The number of hydrogen-bond acceptors (Lipinski definition) is 6. The van der Waals surface area contributed by atoms with Gasteiger partial charge in [-0.25, -0.2) is 4.98 Å². The highest BCUT2D eigenvalue weighted by molar-refractivity contribution is 7.80. The smallest absolute Gasteiger partial charge is 0.264 e. The van der Waals surface area contributed by atoms with Gasteiger partial charge in [-0.05, 0) is 72.6 Å². The maximum Gasteiger partial charge on any atom is 0.264 e. The number of ether oxygens (including phenoxy) is 2. The van der Waals surface area contributed by atoms with E-state index in [0.29, 0.717) is 45.2 Å². The SMILES string of the molecule is CC[C@@H](C)c1ccc2oc(-c3ccc(Cl)c(NC(=S)NC(=O)c4c(OC)cccc4OC)c3)nc2c1. The number of amides is 1. The predicted octanol–water partition coefficient (Wildman–Crippen LogP) is 6.81. The third-order valence-electron chi connectivity index (χ3n) is 5.94. The fourth-order valence-electron chi connectivity index (χ4n) is 3.76. The van der Waals surface area contributed by atoms with E-state index in [0.717, 1.165) is 11.9 Å². The van der Waals surface area contributed by atoms with Gasteiger partial charge in [0, 0.05) is 5.56 Å². The molecule has 2 N–H and O–H groups in total. The summed E-state index contributed by atoms with van der Waals surface area (Å²) in [6, 6.07) is 16.4. The molecule has 3 aromatic carbocycles. The fourth-order valence-corrected chi connectivity index (χ4v) is 4.13. The number of nitrogens with zero attached hydrogens (tertiary/aromatic N) is 1. The number of benzene rings is 3. The third kappa shape index (κ3) is 5.29. The van der Waals surface area contributed by atoms with Crippen molar-refractivity contribution in [3.63, 3.8) is 0 Å². The van der Waals surface area contributed by atoms with Crippen LogP contribution in [0.5, 0.6) is 11.5 Å². The molecule has 0 spiro atoms. The van der Waals surface area contributed by atoms with Crippen LogP contribution in [0.4, 0.5) is 5.69 Å². The number of hydrogen-bond donors (Lipinski definition) is 2. The molecule has 186 valence electrons. The minimum atomic E-state index is -0.481. The molecular weight excluding hydrogens is 498 g/mol. The minimum absolute atomic E-state index is 0.0581. The number of rotatable bonds is 7. The summed E-state index contributed by atoms with van der Waals surface area (Å²) in [6.07, 6.45) is 1.04. The summed E-state index contributed by atoms with van der Waals surface area (Å²) in [5, 5.41) is 6.10. The van der Waals surface area contributed by atoms with Gasteiger partial charge >= 0.3 is 0 Å². The maximum atomic E-state index is 12.9. The first-order chi connectivity index (χ1) is 17.3. The molecule has 0 fully saturated rings. The molecule has 1 amide bonds. The van der Waals surface area contributed by atoms with Crippen LogP contribution >= 0.6 is 23.8 Å². The first-order valence-electron chi connectivity index (χ1n) is 11.4. The van der Waals surface area contributed by atoms with Crippen molar-refractivity contribution in [2.45, 2.75) is 26.2 Å². The van der Waals surface area contributed by atoms with Crippen molar-refractivity contribution in [1.29, 1.82) is 0 Å². The monoisotopic (exact) mass is 523 g/mol. The Kier molecular flexibility index (Phi) is 7.76. The van der Waals surface area contributed by atoms with E-state index < -0.39 is 5.91 Å². The van der Waals surface area contributed by atoms with Crippen LogP contribution in [-0.4, -0.2) is 30.2 Å². The molecule has 0 bridgehead atoms. The summed E-state index contributed by atoms with van der Waals surface area (Å²) in [6.45, 7) is 4.34. The van der Waals surface area contributed by atoms with Gasteiger partial charge in [-0.1, -0.05) is 37.6 Å². The van der Waals surface area contributed by atoms with Crippen LogP contribution in [0.2, 0.25) is 5.02 Å². The molecule has 1 aromatic heterocycles. The molecule has 1 atom stereocenters. The number of halogens is 1. The van der Waals surface area contributed by atoms with Crippen LogP contribution < -0.4 is 20.1 Å². The Morgan fingerprint density at radius 3 is 2.50 bits per heavy atom. The quantitative estimate of drug-likeness (QED) is 0.257. The molecule has 36 heavy (non-hydrogen) atoms. The number of carbonyl (C=O) groups excluding carboxylic acids is 1. The molecule has 4 aromatic rings. The summed E-state index contributed by atoms with van der Waals surface area (Å²) < 4.78 is 16.6. The Morgan fingerprint density at radius 2 is 1.83 bits per heavy atom. The average Bonchev–Trinajstić information content (AvgIpc) is 3.32.